The molecule has 0 fully saturated rings. The van der Waals surface area contributed by atoms with E-state index in [1.54, 1.807) is 21.3 Å². The maximum atomic E-state index is 10.7. The summed E-state index contributed by atoms with van der Waals surface area (Å²) in [5, 5.41) is 20.3. The second-order valence-corrected chi connectivity index (χ2v) is 14.1. The minimum atomic E-state index is -1.01. The van der Waals surface area contributed by atoms with Crippen molar-refractivity contribution in [3.05, 3.63) is 140 Å². The number of nitrogens with zero attached hydrogens (tertiary/aromatic N) is 2. The Morgan fingerprint density at radius 2 is 1.14 bits per heavy atom. The van der Waals surface area contributed by atoms with Crippen LogP contribution in [-0.4, -0.2) is 32.9 Å². The van der Waals surface area contributed by atoms with Crippen LogP contribution in [-0.2, 0) is 4.65 Å². The zero-order valence-electron chi connectivity index (χ0n) is 28.1. The summed E-state index contributed by atoms with van der Waals surface area (Å²) >= 11 is 0. The molecular weight excluding hydrogens is 599 g/mol. The summed E-state index contributed by atoms with van der Waals surface area (Å²) in [5.41, 5.74) is 6.14. The lowest BCUT2D eigenvalue weighted by atomic mass is 9.80. The normalized spacial score (nSPS) is 12.7. The molecule has 5 heteroatoms. The topological polar surface area (TPSA) is 39.3 Å². The molecule has 0 aliphatic carbocycles. The SMILES string of the molecule is CC(C)(O)C(C)(C)O[B]c1ccc(-n2c3ccccc3c3cc4c5ccc6ccccc6c5n(-c5ccccc5)c4cc32)c2ccccc12. The zero-order chi connectivity index (χ0) is 33.5. The number of aromatic nitrogens is 2. The fourth-order valence-corrected chi connectivity index (χ4v) is 7.30. The Bertz CT molecular complexity index is 2730. The van der Waals surface area contributed by atoms with Crippen LogP contribution in [0.3, 0.4) is 0 Å². The van der Waals surface area contributed by atoms with Gasteiger partial charge in [0, 0.05) is 38.0 Å². The van der Waals surface area contributed by atoms with E-state index in [9.17, 15) is 5.11 Å². The molecule has 2 heterocycles. The third-order valence-corrected chi connectivity index (χ3v) is 10.6. The van der Waals surface area contributed by atoms with Gasteiger partial charge < -0.3 is 18.9 Å². The van der Waals surface area contributed by atoms with Crippen LogP contribution in [0.2, 0.25) is 0 Å². The minimum Gasteiger partial charge on any atom is -0.427 e. The molecule has 0 spiro atoms. The van der Waals surface area contributed by atoms with Crippen molar-refractivity contribution in [1.82, 2.24) is 9.13 Å². The average molecular weight is 636 g/mol. The molecule has 237 valence electrons. The van der Waals surface area contributed by atoms with Crippen LogP contribution in [0.25, 0.3) is 76.5 Å². The standard InChI is InChI=1S/C44H36BN2O2/c1-43(2,48)44(3,4)49-45-37-24-25-39(32-19-11-10-18-31(32)37)47-38-21-13-12-20-33(38)35-26-36-34-23-22-28-14-8-9-17-30(28)42(34)46(40(36)27-41(35)47)29-15-6-5-7-16-29/h5-27,48H,1-4H3. The fourth-order valence-electron chi connectivity index (χ4n) is 7.30. The summed E-state index contributed by atoms with van der Waals surface area (Å²) in [7, 11) is 1.79. The molecule has 0 saturated heterocycles. The molecule has 1 N–H and O–H groups in total. The molecule has 7 aromatic carbocycles. The van der Waals surface area contributed by atoms with E-state index in [1.807, 2.05) is 13.8 Å². The van der Waals surface area contributed by atoms with E-state index < -0.39 is 11.2 Å². The molecule has 2 aromatic heterocycles. The highest BCUT2D eigenvalue weighted by molar-refractivity contribution is 6.51. The van der Waals surface area contributed by atoms with Gasteiger partial charge in [0.25, 0.3) is 0 Å². The van der Waals surface area contributed by atoms with E-state index >= 15 is 0 Å². The van der Waals surface area contributed by atoms with Crippen LogP contribution >= 0.6 is 0 Å². The first-order chi connectivity index (χ1) is 23.7. The lowest BCUT2D eigenvalue weighted by Gasteiger charge is -2.37. The number of rotatable bonds is 6. The van der Waals surface area contributed by atoms with Crippen LogP contribution in [0.15, 0.2) is 140 Å². The van der Waals surface area contributed by atoms with Gasteiger partial charge in [-0.2, -0.15) is 0 Å². The Morgan fingerprint density at radius 1 is 0.510 bits per heavy atom. The maximum absolute atomic E-state index is 10.7. The van der Waals surface area contributed by atoms with E-state index in [4.69, 9.17) is 4.65 Å². The molecule has 9 aromatic rings. The van der Waals surface area contributed by atoms with Crippen molar-refractivity contribution in [3.8, 4) is 11.4 Å². The highest BCUT2D eigenvalue weighted by Crippen LogP contribution is 2.42. The smallest absolute Gasteiger partial charge is 0.331 e. The number of benzene rings is 7. The van der Waals surface area contributed by atoms with E-state index in [0.29, 0.717) is 0 Å². The lowest BCUT2D eigenvalue weighted by Crippen LogP contribution is -2.49. The summed E-state index contributed by atoms with van der Waals surface area (Å²) in [6, 6.07) is 50.3. The molecule has 0 atom stereocenters. The molecule has 0 saturated carbocycles. The maximum Gasteiger partial charge on any atom is 0.331 e. The Hall–Kier alpha value is -5.36. The number of hydrogen-bond acceptors (Lipinski definition) is 2. The Kier molecular flexibility index (Phi) is 6.58. The third-order valence-electron chi connectivity index (χ3n) is 10.6. The van der Waals surface area contributed by atoms with Crippen molar-refractivity contribution in [1.29, 1.82) is 0 Å². The summed E-state index contributed by atoms with van der Waals surface area (Å²) < 4.78 is 11.1. The Morgan fingerprint density at radius 3 is 1.92 bits per heavy atom. The molecule has 49 heavy (non-hydrogen) atoms. The molecular formula is C44H36BN2O2. The third kappa shape index (κ3) is 4.53. The van der Waals surface area contributed by atoms with Crippen molar-refractivity contribution < 1.29 is 9.76 Å². The van der Waals surface area contributed by atoms with Crippen LogP contribution in [0.1, 0.15) is 27.7 Å². The first kappa shape index (κ1) is 29.8. The highest BCUT2D eigenvalue weighted by Gasteiger charge is 2.36. The number of hydrogen-bond donors (Lipinski definition) is 1. The molecule has 9 rings (SSSR count). The van der Waals surface area contributed by atoms with Gasteiger partial charge in [0.15, 0.2) is 0 Å². The minimum absolute atomic E-state index is 0.770. The summed E-state index contributed by atoms with van der Waals surface area (Å²) in [6.07, 6.45) is 0. The monoisotopic (exact) mass is 635 g/mol. The molecule has 0 unspecified atom stereocenters. The first-order valence-electron chi connectivity index (χ1n) is 16.9. The van der Waals surface area contributed by atoms with Gasteiger partial charge >= 0.3 is 7.48 Å². The molecule has 0 bridgehead atoms. The lowest BCUT2D eigenvalue weighted by molar-refractivity contribution is -0.0893. The van der Waals surface area contributed by atoms with Gasteiger partial charge in [-0.25, -0.2) is 0 Å². The van der Waals surface area contributed by atoms with Crippen LogP contribution in [0.5, 0.6) is 0 Å². The number of fused-ring (bicyclic) bond motifs is 9. The van der Waals surface area contributed by atoms with Gasteiger partial charge in [0.05, 0.1) is 39.0 Å². The van der Waals surface area contributed by atoms with E-state index in [2.05, 4.69) is 149 Å². The number of para-hydroxylation sites is 2. The van der Waals surface area contributed by atoms with E-state index in [1.165, 1.54) is 43.4 Å². The predicted molar refractivity (Wildman–Crippen MR) is 207 cm³/mol. The van der Waals surface area contributed by atoms with Crippen LogP contribution in [0, 0.1) is 0 Å². The summed E-state index contributed by atoms with van der Waals surface area (Å²) in [4.78, 5) is 0. The van der Waals surface area contributed by atoms with Gasteiger partial charge in [0.1, 0.15) is 0 Å². The predicted octanol–water partition coefficient (Wildman–Crippen LogP) is 10.00. The van der Waals surface area contributed by atoms with Crippen molar-refractivity contribution >= 4 is 78.1 Å². The van der Waals surface area contributed by atoms with Crippen molar-refractivity contribution in [2.75, 3.05) is 0 Å². The first-order valence-corrected chi connectivity index (χ1v) is 16.9. The van der Waals surface area contributed by atoms with Crippen molar-refractivity contribution in [3.63, 3.8) is 0 Å². The molecule has 4 nitrogen and oxygen atoms in total. The van der Waals surface area contributed by atoms with Crippen LogP contribution < -0.4 is 5.46 Å². The van der Waals surface area contributed by atoms with Crippen molar-refractivity contribution in [2.45, 2.75) is 38.9 Å². The summed E-state index contributed by atoms with van der Waals surface area (Å²) in [6.45, 7) is 7.38. The van der Waals surface area contributed by atoms with Gasteiger partial charge in [-0.15, -0.1) is 0 Å². The average Bonchev–Trinajstić information content (AvgIpc) is 3.62. The second kappa shape index (κ2) is 10.8. The van der Waals surface area contributed by atoms with Crippen molar-refractivity contribution in [2.24, 2.45) is 0 Å². The molecule has 0 aliphatic rings. The largest absolute Gasteiger partial charge is 0.427 e. The zero-order valence-corrected chi connectivity index (χ0v) is 28.1. The van der Waals surface area contributed by atoms with E-state index in [0.717, 1.165) is 38.6 Å². The molecule has 0 amide bonds. The summed E-state index contributed by atoms with van der Waals surface area (Å²) in [5.74, 6) is 0. The van der Waals surface area contributed by atoms with Gasteiger partial charge in [-0.1, -0.05) is 103 Å². The van der Waals surface area contributed by atoms with Crippen LogP contribution in [0.4, 0.5) is 0 Å². The van der Waals surface area contributed by atoms with Gasteiger partial charge in [-0.05, 0) is 80.3 Å². The Labute approximate surface area is 286 Å². The van der Waals surface area contributed by atoms with Gasteiger partial charge in [-0.3, -0.25) is 0 Å². The Balaban J connectivity index is 1.35. The van der Waals surface area contributed by atoms with Gasteiger partial charge in [0.2, 0.25) is 0 Å². The highest BCUT2D eigenvalue weighted by atomic mass is 16.5. The molecule has 0 aliphatic heterocycles. The quantitative estimate of drug-likeness (QED) is 0.185. The fraction of sp³-hybridized carbons (Fsp3) is 0.136. The van der Waals surface area contributed by atoms with E-state index in [-0.39, 0.29) is 0 Å². The number of aliphatic hydroxyl groups is 1. The second-order valence-electron chi connectivity index (χ2n) is 14.1. The molecule has 1 radical (unpaired) electrons.